The van der Waals surface area contributed by atoms with E-state index < -0.39 is 11.5 Å². The van der Waals surface area contributed by atoms with E-state index in [-0.39, 0.29) is 12.3 Å². The van der Waals surface area contributed by atoms with Gasteiger partial charge in [-0.1, -0.05) is 22.0 Å². The van der Waals surface area contributed by atoms with E-state index in [2.05, 4.69) is 21.2 Å². The summed E-state index contributed by atoms with van der Waals surface area (Å²) in [4.78, 5) is 22.9. The zero-order valence-corrected chi connectivity index (χ0v) is 11.4. The van der Waals surface area contributed by atoms with Crippen LogP contribution in [0.25, 0.3) is 0 Å². The highest BCUT2D eigenvalue weighted by Gasteiger charge is 2.40. The molecule has 1 fully saturated rings. The zero-order valence-electron chi connectivity index (χ0n) is 9.78. The standard InChI is InChI=1S/C13H14BrNO3/c14-10-4-1-3-9(7-10)12(18)15-13(5-2-6-13)8-11(16)17/h1,3-4,7H,2,5-6,8H2,(H,15,18)(H,16,17). The smallest absolute Gasteiger partial charge is 0.305 e. The lowest BCUT2D eigenvalue weighted by Crippen LogP contribution is -2.54. The Balaban J connectivity index is 2.08. The molecule has 2 rings (SSSR count). The van der Waals surface area contributed by atoms with Crippen LogP contribution in [0.2, 0.25) is 0 Å². The van der Waals surface area contributed by atoms with E-state index in [1.807, 2.05) is 6.07 Å². The number of carboxylic acid groups (broad SMARTS) is 1. The highest BCUT2D eigenvalue weighted by Crippen LogP contribution is 2.35. The minimum absolute atomic E-state index is 0.00720. The topological polar surface area (TPSA) is 66.4 Å². The van der Waals surface area contributed by atoms with Crippen molar-refractivity contribution in [3.05, 3.63) is 34.3 Å². The van der Waals surface area contributed by atoms with Crippen molar-refractivity contribution in [1.29, 1.82) is 0 Å². The van der Waals surface area contributed by atoms with Crippen LogP contribution in [0.5, 0.6) is 0 Å². The number of aliphatic carboxylic acids is 1. The lowest BCUT2D eigenvalue weighted by Gasteiger charge is -2.41. The minimum atomic E-state index is -0.871. The van der Waals surface area contributed by atoms with Crippen LogP contribution in [-0.4, -0.2) is 22.5 Å². The number of rotatable bonds is 4. The van der Waals surface area contributed by atoms with E-state index in [4.69, 9.17) is 5.11 Å². The van der Waals surface area contributed by atoms with Gasteiger partial charge in [0, 0.05) is 10.0 Å². The SMILES string of the molecule is O=C(O)CC1(NC(=O)c2cccc(Br)c2)CCC1. The third-order valence-electron chi connectivity index (χ3n) is 3.27. The van der Waals surface area contributed by atoms with Crippen molar-refractivity contribution in [2.45, 2.75) is 31.2 Å². The third kappa shape index (κ3) is 2.90. The van der Waals surface area contributed by atoms with Crippen LogP contribution in [0.4, 0.5) is 0 Å². The van der Waals surface area contributed by atoms with Crippen LogP contribution in [0.1, 0.15) is 36.0 Å². The van der Waals surface area contributed by atoms with Crippen LogP contribution >= 0.6 is 15.9 Å². The fourth-order valence-electron chi connectivity index (χ4n) is 2.18. The molecule has 1 aromatic carbocycles. The van der Waals surface area contributed by atoms with Gasteiger partial charge in [-0.15, -0.1) is 0 Å². The number of carboxylic acids is 1. The molecule has 1 amide bonds. The van der Waals surface area contributed by atoms with Gasteiger partial charge in [0.1, 0.15) is 0 Å². The molecule has 0 saturated heterocycles. The second kappa shape index (κ2) is 5.10. The van der Waals surface area contributed by atoms with E-state index in [1.165, 1.54) is 0 Å². The van der Waals surface area contributed by atoms with Crippen molar-refractivity contribution in [1.82, 2.24) is 5.32 Å². The number of carbonyl (C=O) groups is 2. The highest BCUT2D eigenvalue weighted by atomic mass is 79.9. The first-order valence-electron chi connectivity index (χ1n) is 5.81. The molecule has 1 aliphatic rings. The van der Waals surface area contributed by atoms with E-state index in [9.17, 15) is 9.59 Å². The Morgan fingerprint density at radius 2 is 2.11 bits per heavy atom. The number of hydrogen-bond acceptors (Lipinski definition) is 2. The molecule has 1 aliphatic carbocycles. The zero-order chi connectivity index (χ0) is 13.2. The molecule has 0 atom stereocenters. The van der Waals surface area contributed by atoms with Crippen LogP contribution in [-0.2, 0) is 4.79 Å². The van der Waals surface area contributed by atoms with Gasteiger partial charge in [-0.2, -0.15) is 0 Å². The Kier molecular flexibility index (Phi) is 3.71. The fourth-order valence-corrected chi connectivity index (χ4v) is 2.58. The van der Waals surface area contributed by atoms with Crippen molar-refractivity contribution in [2.24, 2.45) is 0 Å². The number of halogens is 1. The summed E-state index contributed by atoms with van der Waals surface area (Å²) in [6, 6.07) is 7.06. The molecule has 0 heterocycles. The molecule has 0 unspecified atom stereocenters. The second-order valence-corrected chi connectivity index (χ2v) is 5.58. The van der Waals surface area contributed by atoms with Gasteiger partial charge >= 0.3 is 5.97 Å². The Morgan fingerprint density at radius 3 is 2.61 bits per heavy atom. The highest BCUT2D eigenvalue weighted by molar-refractivity contribution is 9.10. The van der Waals surface area contributed by atoms with Crippen molar-refractivity contribution in [2.75, 3.05) is 0 Å². The summed E-state index contributed by atoms with van der Waals surface area (Å²) in [7, 11) is 0. The van der Waals surface area contributed by atoms with Gasteiger partial charge < -0.3 is 10.4 Å². The summed E-state index contributed by atoms with van der Waals surface area (Å²) in [5.74, 6) is -1.08. The lowest BCUT2D eigenvalue weighted by atomic mass is 9.74. The van der Waals surface area contributed by atoms with Crippen molar-refractivity contribution in [3.63, 3.8) is 0 Å². The number of hydrogen-bond donors (Lipinski definition) is 2. The normalized spacial score (nSPS) is 16.7. The van der Waals surface area contributed by atoms with Gasteiger partial charge in [0.2, 0.25) is 0 Å². The molecule has 0 bridgehead atoms. The van der Waals surface area contributed by atoms with E-state index in [0.29, 0.717) is 5.56 Å². The number of carbonyl (C=O) groups excluding carboxylic acids is 1. The Labute approximate surface area is 114 Å². The third-order valence-corrected chi connectivity index (χ3v) is 3.76. The number of benzene rings is 1. The summed E-state index contributed by atoms with van der Waals surface area (Å²) in [5, 5.41) is 11.7. The minimum Gasteiger partial charge on any atom is -0.481 e. The summed E-state index contributed by atoms with van der Waals surface area (Å²) >= 11 is 3.31. The average molecular weight is 312 g/mol. The van der Waals surface area contributed by atoms with Crippen LogP contribution in [0, 0.1) is 0 Å². The molecule has 4 nitrogen and oxygen atoms in total. The van der Waals surface area contributed by atoms with Crippen molar-refractivity contribution >= 4 is 27.8 Å². The first kappa shape index (κ1) is 13.1. The molecule has 1 saturated carbocycles. The van der Waals surface area contributed by atoms with E-state index in [0.717, 1.165) is 23.7 Å². The van der Waals surface area contributed by atoms with Gasteiger partial charge in [0.15, 0.2) is 0 Å². The van der Waals surface area contributed by atoms with E-state index >= 15 is 0 Å². The van der Waals surface area contributed by atoms with E-state index in [1.54, 1.807) is 18.2 Å². The Hall–Kier alpha value is -1.36. The van der Waals surface area contributed by atoms with Gasteiger partial charge in [-0.25, -0.2) is 0 Å². The quantitative estimate of drug-likeness (QED) is 0.898. The van der Waals surface area contributed by atoms with Crippen molar-refractivity contribution in [3.8, 4) is 0 Å². The molecule has 1 aromatic rings. The second-order valence-electron chi connectivity index (χ2n) is 4.67. The first-order chi connectivity index (χ1) is 8.51. The summed E-state index contributed by atoms with van der Waals surface area (Å²) in [6.07, 6.45) is 2.43. The maximum absolute atomic E-state index is 12.1. The molecule has 0 radical (unpaired) electrons. The summed E-state index contributed by atoms with van der Waals surface area (Å²) in [5.41, 5.74) is -0.00773. The van der Waals surface area contributed by atoms with Crippen molar-refractivity contribution < 1.29 is 14.7 Å². The molecule has 96 valence electrons. The first-order valence-corrected chi connectivity index (χ1v) is 6.60. The van der Waals surface area contributed by atoms with Crippen LogP contribution in [0.15, 0.2) is 28.7 Å². The van der Waals surface area contributed by atoms with Gasteiger partial charge in [0.05, 0.1) is 12.0 Å². The maximum atomic E-state index is 12.1. The monoisotopic (exact) mass is 311 g/mol. The molecule has 18 heavy (non-hydrogen) atoms. The fraction of sp³-hybridized carbons (Fsp3) is 0.385. The molecular formula is C13H14BrNO3. The molecule has 5 heteroatoms. The van der Waals surface area contributed by atoms with Gasteiger partial charge in [0.25, 0.3) is 5.91 Å². The van der Waals surface area contributed by atoms with Gasteiger partial charge in [-0.3, -0.25) is 9.59 Å². The molecule has 0 aliphatic heterocycles. The number of nitrogens with one attached hydrogen (secondary N) is 1. The largest absolute Gasteiger partial charge is 0.481 e. The molecule has 2 N–H and O–H groups in total. The summed E-state index contributed by atoms with van der Waals surface area (Å²) < 4.78 is 0.830. The predicted molar refractivity (Wildman–Crippen MR) is 70.4 cm³/mol. The Morgan fingerprint density at radius 1 is 1.39 bits per heavy atom. The molecule has 0 spiro atoms. The van der Waals surface area contributed by atoms with Crippen LogP contribution in [0.3, 0.4) is 0 Å². The Bertz CT molecular complexity index is 483. The predicted octanol–water partition coefficient (Wildman–Crippen LogP) is 2.58. The number of amides is 1. The molecule has 0 aromatic heterocycles. The molecular weight excluding hydrogens is 298 g/mol. The summed E-state index contributed by atoms with van der Waals surface area (Å²) in [6.45, 7) is 0. The lowest BCUT2D eigenvalue weighted by molar-refractivity contribution is -0.139. The van der Waals surface area contributed by atoms with Gasteiger partial charge in [-0.05, 0) is 37.5 Å². The van der Waals surface area contributed by atoms with Crippen LogP contribution < -0.4 is 5.32 Å². The maximum Gasteiger partial charge on any atom is 0.305 e. The average Bonchev–Trinajstić information content (AvgIpc) is 2.25.